The summed E-state index contributed by atoms with van der Waals surface area (Å²) < 4.78 is 0. The van der Waals surface area contributed by atoms with Gasteiger partial charge in [-0.25, -0.2) is 0 Å². The van der Waals surface area contributed by atoms with E-state index in [1.54, 1.807) is 0 Å². The monoisotopic (exact) mass is 234 g/mol. The van der Waals surface area contributed by atoms with Gasteiger partial charge in [-0.3, -0.25) is 0 Å². The molecule has 0 aliphatic heterocycles. The lowest BCUT2D eigenvalue weighted by Crippen LogP contribution is -1.93. The average molecular weight is 234 g/mol. The summed E-state index contributed by atoms with van der Waals surface area (Å²) in [5.74, 6) is 1.19. The summed E-state index contributed by atoms with van der Waals surface area (Å²) in [5.41, 5.74) is 4.40. The summed E-state index contributed by atoms with van der Waals surface area (Å²) in [5, 5.41) is 0. The minimum atomic E-state index is 1.13. The van der Waals surface area contributed by atoms with E-state index in [4.69, 9.17) is 0 Å². The lowest BCUT2D eigenvalue weighted by Gasteiger charge is -2.08. The third kappa shape index (κ3) is 4.44. The highest BCUT2D eigenvalue weighted by Gasteiger charge is 2.00. The fraction of sp³-hybridized carbons (Fsp3) is 0.467. The molecule has 0 nitrogen and oxygen atoms in total. The number of benzene rings is 1. The van der Waals surface area contributed by atoms with E-state index >= 15 is 0 Å². The molecule has 1 rings (SSSR count). The maximum Gasteiger partial charge on any atom is -0.00204 e. The van der Waals surface area contributed by atoms with Gasteiger partial charge in [0.2, 0.25) is 0 Å². The molecule has 0 aromatic heterocycles. The summed E-state index contributed by atoms with van der Waals surface area (Å²) in [6.07, 6.45) is 3.57. The quantitative estimate of drug-likeness (QED) is 0.640. The third-order valence-corrected chi connectivity index (χ3v) is 3.75. The van der Waals surface area contributed by atoms with Crippen LogP contribution in [0.4, 0.5) is 0 Å². The Kier molecular flexibility index (Phi) is 5.68. The molecule has 0 heterocycles. The van der Waals surface area contributed by atoms with Gasteiger partial charge < -0.3 is 0 Å². The molecular formula is C15H22S. The molecule has 0 saturated heterocycles. The van der Waals surface area contributed by atoms with Crippen molar-refractivity contribution in [3.05, 3.63) is 46.4 Å². The van der Waals surface area contributed by atoms with Crippen molar-refractivity contribution in [3.8, 4) is 0 Å². The molecule has 0 bridgehead atoms. The molecule has 1 aromatic carbocycles. The Labute approximate surface area is 104 Å². The maximum atomic E-state index is 3.91. The van der Waals surface area contributed by atoms with E-state index in [-0.39, 0.29) is 0 Å². The zero-order valence-corrected chi connectivity index (χ0v) is 11.5. The Morgan fingerprint density at radius 1 is 1.38 bits per heavy atom. The third-order valence-electron chi connectivity index (χ3n) is 2.76. The van der Waals surface area contributed by atoms with Gasteiger partial charge in [-0.15, -0.1) is 11.8 Å². The molecule has 0 unspecified atom stereocenters. The number of allylic oxidation sites excluding steroid dienone is 1. The molecule has 88 valence electrons. The highest BCUT2D eigenvalue weighted by molar-refractivity contribution is 8.03. The van der Waals surface area contributed by atoms with E-state index in [2.05, 4.69) is 45.5 Å². The fourth-order valence-electron chi connectivity index (χ4n) is 1.72. The van der Waals surface area contributed by atoms with Crippen LogP contribution in [0.2, 0.25) is 0 Å². The smallest absolute Gasteiger partial charge is 0.00204 e. The van der Waals surface area contributed by atoms with Crippen molar-refractivity contribution in [2.24, 2.45) is 0 Å². The van der Waals surface area contributed by atoms with Gasteiger partial charge in [-0.05, 0) is 60.5 Å². The average Bonchev–Trinajstić information content (AvgIpc) is 2.26. The molecule has 0 amide bonds. The predicted molar refractivity (Wildman–Crippen MR) is 76.2 cm³/mol. The molecule has 16 heavy (non-hydrogen) atoms. The highest BCUT2D eigenvalue weighted by Crippen LogP contribution is 2.17. The van der Waals surface area contributed by atoms with Crippen LogP contribution in [0.3, 0.4) is 0 Å². The molecular weight excluding hydrogens is 212 g/mol. The van der Waals surface area contributed by atoms with Gasteiger partial charge in [-0.2, -0.15) is 0 Å². The van der Waals surface area contributed by atoms with Gasteiger partial charge in [0.1, 0.15) is 0 Å². The molecule has 0 N–H and O–H groups in total. The van der Waals surface area contributed by atoms with Crippen molar-refractivity contribution < 1.29 is 0 Å². The van der Waals surface area contributed by atoms with E-state index < -0.39 is 0 Å². The summed E-state index contributed by atoms with van der Waals surface area (Å²) >= 11 is 1.87. The fourth-order valence-corrected chi connectivity index (χ4v) is 2.36. The Balaban J connectivity index is 2.49. The Morgan fingerprint density at radius 3 is 2.75 bits per heavy atom. The van der Waals surface area contributed by atoms with Crippen LogP contribution in [0.5, 0.6) is 0 Å². The van der Waals surface area contributed by atoms with E-state index in [0.29, 0.717) is 0 Å². The van der Waals surface area contributed by atoms with Crippen LogP contribution in [0, 0.1) is 6.92 Å². The maximum absolute atomic E-state index is 3.91. The summed E-state index contributed by atoms with van der Waals surface area (Å²) in [6.45, 7) is 10.4. The SMILES string of the molecule is C=C(C)SCCCc1cc(CC)ccc1C. The zero-order chi connectivity index (χ0) is 12.0. The predicted octanol–water partition coefficient (Wildman–Crippen LogP) is 4.76. The zero-order valence-electron chi connectivity index (χ0n) is 10.7. The van der Waals surface area contributed by atoms with Crippen molar-refractivity contribution in [2.45, 2.75) is 40.0 Å². The lowest BCUT2D eigenvalue weighted by atomic mass is 10.0. The van der Waals surface area contributed by atoms with Gasteiger partial charge in [0.05, 0.1) is 0 Å². The van der Waals surface area contributed by atoms with E-state index in [1.807, 2.05) is 11.8 Å². The van der Waals surface area contributed by atoms with Crippen molar-refractivity contribution in [1.82, 2.24) is 0 Å². The van der Waals surface area contributed by atoms with E-state index in [9.17, 15) is 0 Å². The molecule has 0 aliphatic carbocycles. The summed E-state index contributed by atoms with van der Waals surface area (Å²) in [4.78, 5) is 1.22. The van der Waals surface area contributed by atoms with Crippen LogP contribution in [-0.4, -0.2) is 5.75 Å². The first kappa shape index (κ1) is 13.4. The number of hydrogen-bond donors (Lipinski definition) is 0. The van der Waals surface area contributed by atoms with Gasteiger partial charge in [0, 0.05) is 0 Å². The van der Waals surface area contributed by atoms with Crippen LogP contribution >= 0.6 is 11.8 Å². The Morgan fingerprint density at radius 2 is 2.12 bits per heavy atom. The molecule has 0 spiro atoms. The second-order valence-electron chi connectivity index (χ2n) is 4.27. The van der Waals surface area contributed by atoms with Gasteiger partial charge in [0.25, 0.3) is 0 Å². The Bertz CT molecular complexity index is 352. The van der Waals surface area contributed by atoms with E-state index in [0.717, 1.165) is 6.42 Å². The number of thioether (sulfide) groups is 1. The van der Waals surface area contributed by atoms with Gasteiger partial charge in [0.15, 0.2) is 0 Å². The van der Waals surface area contributed by atoms with Crippen LogP contribution in [0.15, 0.2) is 29.7 Å². The van der Waals surface area contributed by atoms with Crippen LogP contribution in [0.25, 0.3) is 0 Å². The normalized spacial score (nSPS) is 10.4. The molecule has 0 atom stereocenters. The largest absolute Gasteiger partial charge is 0.132 e. The number of aryl methyl sites for hydroxylation is 3. The standard InChI is InChI=1S/C15H22S/c1-5-14-9-8-13(4)15(11-14)7-6-10-16-12(2)3/h8-9,11H,2,5-7,10H2,1,3-4H3. The number of rotatable bonds is 6. The molecule has 0 radical (unpaired) electrons. The van der Waals surface area contributed by atoms with Gasteiger partial charge in [-0.1, -0.05) is 31.7 Å². The topological polar surface area (TPSA) is 0 Å². The first-order chi connectivity index (χ1) is 7.63. The molecule has 0 aliphatic rings. The minimum absolute atomic E-state index is 1.13. The van der Waals surface area contributed by atoms with Crippen LogP contribution < -0.4 is 0 Å². The van der Waals surface area contributed by atoms with Crippen LogP contribution in [-0.2, 0) is 12.8 Å². The van der Waals surface area contributed by atoms with Crippen molar-refractivity contribution in [1.29, 1.82) is 0 Å². The second-order valence-corrected chi connectivity index (χ2v) is 5.66. The first-order valence-corrected chi connectivity index (χ1v) is 6.98. The second kappa shape index (κ2) is 6.80. The van der Waals surface area contributed by atoms with Crippen molar-refractivity contribution in [3.63, 3.8) is 0 Å². The first-order valence-electron chi connectivity index (χ1n) is 6.00. The minimum Gasteiger partial charge on any atom is -0.132 e. The molecule has 0 fully saturated rings. The van der Waals surface area contributed by atoms with Crippen LogP contribution in [0.1, 0.15) is 37.0 Å². The number of hydrogen-bond acceptors (Lipinski definition) is 1. The highest BCUT2D eigenvalue weighted by atomic mass is 32.2. The van der Waals surface area contributed by atoms with Gasteiger partial charge >= 0.3 is 0 Å². The molecule has 1 heteroatoms. The Hall–Kier alpha value is -0.690. The molecule has 1 aromatic rings. The molecule has 0 saturated carbocycles. The summed E-state index contributed by atoms with van der Waals surface area (Å²) in [7, 11) is 0. The van der Waals surface area contributed by atoms with Crippen molar-refractivity contribution in [2.75, 3.05) is 5.75 Å². The lowest BCUT2D eigenvalue weighted by molar-refractivity contribution is 0.919. The van der Waals surface area contributed by atoms with Crippen molar-refractivity contribution >= 4 is 11.8 Å². The van der Waals surface area contributed by atoms with E-state index in [1.165, 1.54) is 40.2 Å². The summed E-state index contributed by atoms with van der Waals surface area (Å²) in [6, 6.07) is 6.85.